The fourth-order valence-corrected chi connectivity index (χ4v) is 6.49. The van der Waals surface area contributed by atoms with Crippen molar-refractivity contribution >= 4 is 17.4 Å². The number of likely N-dealkylation sites (N-methyl/N-ethyl adjacent to an activating group) is 1. The lowest BCUT2D eigenvalue weighted by Gasteiger charge is -2.42. The summed E-state index contributed by atoms with van der Waals surface area (Å²) in [7, 11) is 3.66. The Kier molecular flexibility index (Phi) is 10.9. The van der Waals surface area contributed by atoms with Crippen LogP contribution in [0.25, 0.3) is 0 Å². The zero-order chi connectivity index (χ0) is 23.5. The van der Waals surface area contributed by atoms with E-state index in [-0.39, 0.29) is 18.0 Å². The van der Waals surface area contributed by atoms with Gasteiger partial charge >= 0.3 is 6.03 Å². The highest BCUT2D eigenvalue weighted by atomic mass is 32.1. The predicted molar refractivity (Wildman–Crippen MR) is 133 cm³/mol. The van der Waals surface area contributed by atoms with Crippen LogP contribution in [-0.2, 0) is 10.3 Å². The molecule has 3 N–H and O–H groups in total. The number of carbonyl (C=O) groups is 1. The lowest BCUT2D eigenvalue weighted by Crippen LogP contribution is -2.54. The number of methoxy groups -OCH3 is 1. The number of ether oxygens (including phenoxy) is 1. The Morgan fingerprint density at radius 2 is 2.12 bits per heavy atom. The Hall–Kier alpha value is -1.22. The van der Waals surface area contributed by atoms with Crippen molar-refractivity contribution < 1.29 is 14.6 Å². The molecule has 0 radical (unpaired) electrons. The van der Waals surface area contributed by atoms with Gasteiger partial charge in [0.1, 0.15) is 10.6 Å². The minimum atomic E-state index is -0.993. The summed E-state index contributed by atoms with van der Waals surface area (Å²) in [4.78, 5) is 19.7. The molecule has 0 aromatic carbocycles. The molecule has 1 aromatic heterocycles. The number of hydrogen-bond donors (Lipinski definition) is 3. The second kappa shape index (κ2) is 13.6. The number of nitrogens with zero attached hydrogens (tertiary/aromatic N) is 2. The van der Waals surface area contributed by atoms with Gasteiger partial charge < -0.3 is 25.4 Å². The summed E-state index contributed by atoms with van der Waals surface area (Å²) < 4.78 is 5.19. The number of rotatable bonds is 12. The Bertz CT molecular complexity index is 683. The van der Waals surface area contributed by atoms with Gasteiger partial charge in [-0.05, 0) is 51.5 Å². The molecule has 2 fully saturated rings. The molecular formula is C25H44N4O3S. The quantitative estimate of drug-likeness (QED) is 0.392. The highest BCUT2D eigenvalue weighted by Crippen LogP contribution is 2.40. The fraction of sp³-hybridized carbons (Fsp3) is 0.840. The summed E-state index contributed by atoms with van der Waals surface area (Å²) in [5.41, 5.74) is -0.993. The van der Waals surface area contributed by atoms with Crippen LogP contribution in [0.3, 0.4) is 0 Å². The van der Waals surface area contributed by atoms with Gasteiger partial charge in [-0.2, -0.15) is 0 Å². The van der Waals surface area contributed by atoms with Crippen molar-refractivity contribution in [2.75, 3.05) is 40.4 Å². The lowest BCUT2D eigenvalue weighted by molar-refractivity contribution is -0.0565. The number of thiazole rings is 1. The molecule has 2 amide bonds. The first kappa shape index (κ1) is 26.4. The Balaban J connectivity index is 1.62. The fourth-order valence-electron chi connectivity index (χ4n) is 5.65. The molecule has 0 unspecified atom stereocenters. The van der Waals surface area contributed by atoms with Gasteiger partial charge in [-0.3, -0.25) is 0 Å². The number of aromatic nitrogens is 1. The maximum Gasteiger partial charge on any atom is 0.317 e. The van der Waals surface area contributed by atoms with Crippen molar-refractivity contribution in [2.45, 2.75) is 82.3 Å². The van der Waals surface area contributed by atoms with Gasteiger partial charge in [0, 0.05) is 56.9 Å². The largest absolute Gasteiger partial charge is 0.385 e. The average molecular weight is 481 g/mol. The molecule has 3 atom stereocenters. The molecular weight excluding hydrogens is 436 g/mol. The molecule has 1 aliphatic heterocycles. The van der Waals surface area contributed by atoms with Crippen LogP contribution in [0, 0.1) is 11.8 Å². The number of unbranched alkanes of at least 4 members (excludes halogenated alkanes) is 1. The smallest absolute Gasteiger partial charge is 0.317 e. The predicted octanol–water partition coefficient (Wildman–Crippen LogP) is 4.13. The number of amides is 2. The highest BCUT2D eigenvalue weighted by Gasteiger charge is 2.43. The number of piperidine rings is 1. The van der Waals surface area contributed by atoms with E-state index in [4.69, 9.17) is 4.74 Å². The van der Waals surface area contributed by atoms with Gasteiger partial charge in [0.25, 0.3) is 0 Å². The number of nitrogens with one attached hydrogen (secondary N) is 2. The molecule has 0 spiro atoms. The minimum Gasteiger partial charge on any atom is -0.385 e. The van der Waals surface area contributed by atoms with Crippen molar-refractivity contribution in [3.8, 4) is 0 Å². The van der Waals surface area contributed by atoms with E-state index in [9.17, 15) is 9.90 Å². The number of carbonyl (C=O) groups excluding carboxylic acids is 1. The Labute approximate surface area is 203 Å². The van der Waals surface area contributed by atoms with Crippen molar-refractivity contribution in [1.29, 1.82) is 0 Å². The first-order chi connectivity index (χ1) is 16.1. The summed E-state index contributed by atoms with van der Waals surface area (Å²) in [5.74, 6) is 0.709. The van der Waals surface area contributed by atoms with Crippen molar-refractivity contribution in [2.24, 2.45) is 11.8 Å². The second-order valence-corrected chi connectivity index (χ2v) is 10.8. The summed E-state index contributed by atoms with van der Waals surface area (Å²) in [6.45, 7) is 2.81. The van der Waals surface area contributed by atoms with Crippen LogP contribution < -0.4 is 10.6 Å². The third-order valence-electron chi connectivity index (χ3n) is 7.46. The zero-order valence-electron chi connectivity index (χ0n) is 20.6. The molecule has 33 heavy (non-hydrogen) atoms. The molecule has 1 saturated heterocycles. The highest BCUT2D eigenvalue weighted by molar-refractivity contribution is 7.09. The van der Waals surface area contributed by atoms with E-state index in [1.165, 1.54) is 43.4 Å². The number of urea groups is 1. The first-order valence-corrected chi connectivity index (χ1v) is 13.8. The van der Waals surface area contributed by atoms with Crippen LogP contribution in [0.4, 0.5) is 4.79 Å². The van der Waals surface area contributed by atoms with Crippen LogP contribution in [0.5, 0.6) is 0 Å². The van der Waals surface area contributed by atoms with E-state index in [0.29, 0.717) is 25.5 Å². The lowest BCUT2D eigenvalue weighted by atomic mass is 9.78. The van der Waals surface area contributed by atoms with E-state index < -0.39 is 5.60 Å². The number of likely N-dealkylation sites (tertiary alicyclic amines) is 1. The van der Waals surface area contributed by atoms with Gasteiger partial charge in [-0.25, -0.2) is 9.78 Å². The molecule has 7 nitrogen and oxygen atoms in total. The van der Waals surface area contributed by atoms with Gasteiger partial charge in [0.15, 0.2) is 0 Å². The van der Waals surface area contributed by atoms with Crippen LogP contribution in [0.1, 0.15) is 75.6 Å². The van der Waals surface area contributed by atoms with Gasteiger partial charge in [-0.15, -0.1) is 11.3 Å². The normalized spacial score (nSPS) is 22.6. The van der Waals surface area contributed by atoms with Crippen molar-refractivity contribution in [1.82, 2.24) is 20.5 Å². The third-order valence-corrected chi connectivity index (χ3v) is 8.40. The monoisotopic (exact) mass is 480 g/mol. The summed E-state index contributed by atoms with van der Waals surface area (Å²) in [6.07, 6.45) is 13.6. The molecule has 8 heteroatoms. The SMILES string of the molecule is CNC[C@H](CC1CCCCC1)NC(=O)N1CCC[C@@H]([C@@](O)(CCCCOC)c2nccs2)C1. The van der Waals surface area contributed by atoms with E-state index in [1.807, 2.05) is 17.3 Å². The van der Waals surface area contributed by atoms with Crippen LogP contribution in [-0.4, -0.2) is 67.5 Å². The molecule has 188 valence electrons. The standard InChI is InChI=1S/C25H44N4O3S/c1-26-18-22(17-20-9-4-3-5-10-20)28-24(30)29-14-8-11-21(19-29)25(31,12-6-7-15-32-2)23-27-13-16-33-23/h13,16,20-22,26,31H,3-12,14-15,17-19H2,1-2H3,(H,28,30)/t21-,22+,25+/m1/s1. The van der Waals surface area contributed by atoms with E-state index in [2.05, 4.69) is 15.6 Å². The second-order valence-electron chi connectivity index (χ2n) is 9.94. The summed E-state index contributed by atoms with van der Waals surface area (Å²) >= 11 is 1.51. The van der Waals surface area contributed by atoms with Crippen molar-refractivity contribution in [3.05, 3.63) is 16.6 Å². The van der Waals surface area contributed by atoms with Gasteiger partial charge in [0.05, 0.1) is 0 Å². The topological polar surface area (TPSA) is 86.7 Å². The van der Waals surface area contributed by atoms with Gasteiger partial charge in [0.2, 0.25) is 0 Å². The zero-order valence-corrected chi connectivity index (χ0v) is 21.4. The van der Waals surface area contributed by atoms with E-state index >= 15 is 0 Å². The minimum absolute atomic E-state index is 0.00760. The van der Waals surface area contributed by atoms with Crippen LogP contribution in [0.15, 0.2) is 11.6 Å². The van der Waals surface area contributed by atoms with E-state index in [0.717, 1.165) is 50.2 Å². The maximum absolute atomic E-state index is 13.3. The van der Waals surface area contributed by atoms with Crippen LogP contribution >= 0.6 is 11.3 Å². The van der Waals surface area contributed by atoms with Crippen molar-refractivity contribution in [3.63, 3.8) is 0 Å². The molecule has 2 aliphatic rings. The molecule has 3 rings (SSSR count). The van der Waals surface area contributed by atoms with Gasteiger partial charge in [-0.1, -0.05) is 32.1 Å². The van der Waals surface area contributed by atoms with Crippen LogP contribution in [0.2, 0.25) is 0 Å². The maximum atomic E-state index is 13.3. The molecule has 1 saturated carbocycles. The summed E-state index contributed by atoms with van der Waals surface area (Å²) in [6, 6.07) is 0.162. The Morgan fingerprint density at radius 1 is 1.30 bits per heavy atom. The molecule has 0 bridgehead atoms. The van der Waals surface area contributed by atoms with E-state index in [1.54, 1.807) is 13.3 Å². The molecule has 2 heterocycles. The Morgan fingerprint density at radius 3 is 2.82 bits per heavy atom. The number of hydrogen-bond acceptors (Lipinski definition) is 6. The average Bonchev–Trinajstić information content (AvgIpc) is 3.38. The third kappa shape index (κ3) is 7.64. The molecule has 1 aliphatic carbocycles. The number of aliphatic hydroxyl groups is 1. The first-order valence-electron chi connectivity index (χ1n) is 12.9. The molecule has 1 aromatic rings. The summed E-state index contributed by atoms with van der Waals surface area (Å²) in [5, 5.41) is 21.1.